The molecule has 1 rings (SSSR count). The molecule has 0 aromatic rings. The first kappa shape index (κ1) is 16.4. The molecule has 1 atom stereocenters. The van der Waals surface area contributed by atoms with E-state index in [0.29, 0.717) is 0 Å². The Hall–Kier alpha value is -0.660. The molecular formula is C12H19BrO6. The van der Waals surface area contributed by atoms with Crippen LogP contribution >= 0.6 is 15.9 Å². The van der Waals surface area contributed by atoms with Crippen molar-refractivity contribution in [1.82, 2.24) is 0 Å². The molecule has 1 heterocycles. The van der Waals surface area contributed by atoms with Crippen molar-refractivity contribution < 1.29 is 28.5 Å². The second kappa shape index (κ2) is 7.21. The standard InChI is InChI=1S/C12H19BrO6/c1-4-16-10(14)12(11(15)17-5-2)6-18-9(8(3)13)19-7-12/h8-9H,4-7H2,1-3H3. The molecule has 0 bridgehead atoms. The lowest BCUT2D eigenvalue weighted by Gasteiger charge is -2.36. The molecular weight excluding hydrogens is 320 g/mol. The minimum atomic E-state index is -1.52. The molecule has 0 aromatic carbocycles. The Morgan fingerprint density at radius 1 is 1.21 bits per heavy atom. The number of esters is 2. The van der Waals surface area contributed by atoms with E-state index >= 15 is 0 Å². The molecule has 19 heavy (non-hydrogen) atoms. The highest BCUT2D eigenvalue weighted by molar-refractivity contribution is 9.09. The Labute approximate surface area is 120 Å². The van der Waals surface area contributed by atoms with Gasteiger partial charge in [-0.3, -0.25) is 9.59 Å². The lowest BCUT2D eigenvalue weighted by molar-refractivity contribution is -0.238. The van der Waals surface area contributed by atoms with Crippen LogP contribution in [-0.4, -0.2) is 49.5 Å². The zero-order valence-corrected chi connectivity index (χ0v) is 12.9. The molecule has 0 aromatic heterocycles. The average Bonchev–Trinajstić information content (AvgIpc) is 2.39. The Morgan fingerprint density at radius 2 is 1.63 bits per heavy atom. The Kier molecular flexibility index (Phi) is 6.22. The van der Waals surface area contributed by atoms with Crippen LogP contribution in [0.5, 0.6) is 0 Å². The van der Waals surface area contributed by atoms with E-state index in [1.165, 1.54) is 0 Å². The molecule has 0 aliphatic carbocycles. The first-order valence-corrected chi connectivity index (χ1v) is 7.11. The maximum atomic E-state index is 12.0. The van der Waals surface area contributed by atoms with Gasteiger partial charge in [-0.1, -0.05) is 15.9 Å². The van der Waals surface area contributed by atoms with Crippen LogP contribution in [0.1, 0.15) is 20.8 Å². The molecule has 0 amide bonds. The number of ether oxygens (including phenoxy) is 4. The number of rotatable bonds is 5. The van der Waals surface area contributed by atoms with Gasteiger partial charge in [-0.2, -0.15) is 0 Å². The average molecular weight is 339 g/mol. The maximum absolute atomic E-state index is 12.0. The monoisotopic (exact) mass is 338 g/mol. The topological polar surface area (TPSA) is 71.1 Å². The van der Waals surface area contributed by atoms with Crippen molar-refractivity contribution in [3.63, 3.8) is 0 Å². The molecule has 1 unspecified atom stereocenters. The minimum Gasteiger partial charge on any atom is -0.465 e. The number of carbonyl (C=O) groups is 2. The van der Waals surface area contributed by atoms with Gasteiger partial charge in [0.2, 0.25) is 5.41 Å². The van der Waals surface area contributed by atoms with E-state index in [1.807, 2.05) is 6.92 Å². The van der Waals surface area contributed by atoms with E-state index < -0.39 is 23.6 Å². The van der Waals surface area contributed by atoms with Gasteiger partial charge in [-0.15, -0.1) is 0 Å². The van der Waals surface area contributed by atoms with E-state index in [1.54, 1.807) is 13.8 Å². The van der Waals surface area contributed by atoms with Crippen LogP contribution in [0.15, 0.2) is 0 Å². The molecule has 0 spiro atoms. The fraction of sp³-hybridized carbons (Fsp3) is 0.833. The fourth-order valence-electron chi connectivity index (χ4n) is 1.66. The van der Waals surface area contributed by atoms with Gasteiger partial charge in [0.05, 0.1) is 31.3 Å². The second-order valence-electron chi connectivity index (χ2n) is 4.19. The van der Waals surface area contributed by atoms with Crippen LogP contribution in [-0.2, 0) is 28.5 Å². The van der Waals surface area contributed by atoms with Crippen molar-refractivity contribution in [1.29, 1.82) is 0 Å². The van der Waals surface area contributed by atoms with Gasteiger partial charge in [0, 0.05) is 0 Å². The number of hydrogen-bond acceptors (Lipinski definition) is 6. The fourth-order valence-corrected chi connectivity index (χ4v) is 1.97. The van der Waals surface area contributed by atoms with E-state index in [4.69, 9.17) is 18.9 Å². The summed E-state index contributed by atoms with van der Waals surface area (Å²) >= 11 is 3.33. The highest BCUT2D eigenvalue weighted by Crippen LogP contribution is 2.30. The van der Waals surface area contributed by atoms with Gasteiger partial charge >= 0.3 is 11.9 Å². The summed E-state index contributed by atoms with van der Waals surface area (Å²) in [6.07, 6.45) is -0.503. The third-order valence-corrected chi connectivity index (χ3v) is 3.13. The summed E-state index contributed by atoms with van der Waals surface area (Å²) in [6.45, 7) is 5.34. The smallest absolute Gasteiger partial charge is 0.328 e. The molecule has 0 N–H and O–H groups in total. The second-order valence-corrected chi connectivity index (χ2v) is 5.64. The van der Waals surface area contributed by atoms with Gasteiger partial charge in [0.15, 0.2) is 6.29 Å². The zero-order valence-electron chi connectivity index (χ0n) is 11.3. The first-order chi connectivity index (χ1) is 8.97. The predicted octanol–water partition coefficient (Wildman–Crippen LogP) is 1.26. The van der Waals surface area contributed by atoms with Gasteiger partial charge in [-0.05, 0) is 20.8 Å². The van der Waals surface area contributed by atoms with Crippen molar-refractivity contribution >= 4 is 27.9 Å². The van der Waals surface area contributed by atoms with Crippen LogP contribution in [0.25, 0.3) is 0 Å². The molecule has 0 radical (unpaired) electrons. The van der Waals surface area contributed by atoms with E-state index in [-0.39, 0.29) is 31.3 Å². The van der Waals surface area contributed by atoms with Crippen LogP contribution in [0.4, 0.5) is 0 Å². The highest BCUT2D eigenvalue weighted by Gasteiger charge is 2.53. The summed E-state index contributed by atoms with van der Waals surface area (Å²) in [6, 6.07) is 0. The summed E-state index contributed by atoms with van der Waals surface area (Å²) in [5.74, 6) is -1.34. The van der Waals surface area contributed by atoms with Gasteiger partial charge in [-0.25, -0.2) is 0 Å². The van der Waals surface area contributed by atoms with E-state index in [0.717, 1.165) is 0 Å². The van der Waals surface area contributed by atoms with Crippen molar-refractivity contribution in [3.05, 3.63) is 0 Å². The van der Waals surface area contributed by atoms with Crippen LogP contribution in [0.2, 0.25) is 0 Å². The Morgan fingerprint density at radius 3 is 1.95 bits per heavy atom. The summed E-state index contributed by atoms with van der Waals surface area (Å²) in [7, 11) is 0. The van der Waals surface area contributed by atoms with Crippen molar-refractivity contribution in [3.8, 4) is 0 Å². The van der Waals surface area contributed by atoms with Gasteiger partial charge in [0.25, 0.3) is 0 Å². The van der Waals surface area contributed by atoms with Crippen LogP contribution in [0.3, 0.4) is 0 Å². The lowest BCUT2D eigenvalue weighted by Crippen LogP contribution is -2.54. The molecule has 110 valence electrons. The molecule has 1 aliphatic rings. The van der Waals surface area contributed by atoms with Crippen molar-refractivity contribution in [2.45, 2.75) is 31.9 Å². The highest BCUT2D eigenvalue weighted by atomic mass is 79.9. The molecule has 1 saturated heterocycles. The maximum Gasteiger partial charge on any atom is 0.328 e. The van der Waals surface area contributed by atoms with Crippen LogP contribution < -0.4 is 0 Å². The summed E-state index contributed by atoms with van der Waals surface area (Å²) in [4.78, 5) is 24.0. The normalized spacial score (nSPS) is 20.6. The van der Waals surface area contributed by atoms with E-state index in [2.05, 4.69) is 15.9 Å². The summed E-state index contributed by atoms with van der Waals surface area (Å²) in [5.41, 5.74) is -1.52. The SMILES string of the molecule is CCOC(=O)C1(C(=O)OCC)COC(C(C)Br)OC1. The first-order valence-electron chi connectivity index (χ1n) is 6.19. The van der Waals surface area contributed by atoms with E-state index in [9.17, 15) is 9.59 Å². The molecule has 6 nitrogen and oxygen atoms in total. The number of halogens is 1. The predicted molar refractivity (Wildman–Crippen MR) is 69.8 cm³/mol. The van der Waals surface area contributed by atoms with Crippen molar-refractivity contribution in [2.75, 3.05) is 26.4 Å². The Balaban J connectivity index is 2.84. The number of carbonyl (C=O) groups excluding carboxylic acids is 2. The third-order valence-electron chi connectivity index (χ3n) is 2.70. The van der Waals surface area contributed by atoms with Crippen LogP contribution in [0, 0.1) is 5.41 Å². The quantitative estimate of drug-likeness (QED) is 0.427. The van der Waals surface area contributed by atoms with Gasteiger partial charge in [0.1, 0.15) is 0 Å². The van der Waals surface area contributed by atoms with Gasteiger partial charge < -0.3 is 18.9 Å². The summed E-state index contributed by atoms with van der Waals surface area (Å²) in [5, 5.41) is 0. The zero-order chi connectivity index (χ0) is 14.5. The molecule has 0 saturated carbocycles. The molecule has 1 fully saturated rings. The molecule has 1 aliphatic heterocycles. The van der Waals surface area contributed by atoms with Crippen molar-refractivity contribution in [2.24, 2.45) is 5.41 Å². The molecule has 7 heteroatoms. The Bertz CT molecular complexity index is 302. The largest absolute Gasteiger partial charge is 0.465 e. The third kappa shape index (κ3) is 3.67. The summed E-state index contributed by atoms with van der Waals surface area (Å²) < 4.78 is 20.7. The number of hydrogen-bond donors (Lipinski definition) is 0. The number of alkyl halides is 1. The minimum absolute atomic E-state index is 0.0464. The lowest BCUT2D eigenvalue weighted by atomic mass is 9.89.